The summed E-state index contributed by atoms with van der Waals surface area (Å²) in [7, 11) is -1.13. The zero-order valence-electron chi connectivity index (χ0n) is 7.58. The fourth-order valence-electron chi connectivity index (χ4n) is 1.69. The summed E-state index contributed by atoms with van der Waals surface area (Å²) < 4.78 is 24.0. The van der Waals surface area contributed by atoms with E-state index in [1.54, 1.807) is 4.31 Å². The van der Waals surface area contributed by atoms with Gasteiger partial charge in [-0.25, -0.2) is 8.42 Å². The van der Waals surface area contributed by atoms with Crippen molar-refractivity contribution in [3.05, 3.63) is 0 Å². The van der Waals surface area contributed by atoms with Crippen LogP contribution in [0.15, 0.2) is 0 Å². The Labute approximate surface area is 74.0 Å². The predicted molar refractivity (Wildman–Crippen MR) is 48.5 cm³/mol. The fraction of sp³-hybridized carbons (Fsp3) is 1.00. The third-order valence-electron chi connectivity index (χ3n) is 2.19. The Bertz CT molecular complexity index is 238. The van der Waals surface area contributed by atoms with Gasteiger partial charge < -0.3 is 5.32 Å². The molecule has 1 atom stereocenters. The van der Waals surface area contributed by atoms with Crippen LogP contribution in [-0.2, 0) is 10.0 Å². The van der Waals surface area contributed by atoms with E-state index < -0.39 is 10.0 Å². The van der Waals surface area contributed by atoms with Crippen molar-refractivity contribution >= 4 is 10.0 Å². The minimum atomic E-state index is -2.98. The van der Waals surface area contributed by atoms with E-state index in [1.165, 1.54) is 6.26 Å². The summed E-state index contributed by atoms with van der Waals surface area (Å²) in [5, 5.41) is 3.01. The van der Waals surface area contributed by atoms with Gasteiger partial charge in [0.1, 0.15) is 0 Å². The lowest BCUT2D eigenvalue weighted by Crippen LogP contribution is -2.40. The summed E-state index contributed by atoms with van der Waals surface area (Å²) in [4.78, 5) is 0. The zero-order chi connectivity index (χ0) is 9.19. The van der Waals surface area contributed by atoms with Crippen molar-refractivity contribution in [3.8, 4) is 0 Å². The first-order chi connectivity index (χ1) is 5.55. The van der Waals surface area contributed by atoms with E-state index in [1.807, 2.05) is 7.05 Å². The molecule has 1 fully saturated rings. The molecular formula is C7H16N2O2S. The Morgan fingerprint density at radius 3 is 2.75 bits per heavy atom. The standard InChI is InChI=1S/C7H16N2O2S/c1-8-6-7-4-3-5-9(7)12(2,10)11/h7-8H,3-6H2,1-2H3. The van der Waals surface area contributed by atoms with Crippen molar-refractivity contribution in [2.24, 2.45) is 0 Å². The average molecular weight is 192 g/mol. The van der Waals surface area contributed by atoms with E-state index >= 15 is 0 Å². The topological polar surface area (TPSA) is 49.4 Å². The second-order valence-electron chi connectivity index (χ2n) is 3.23. The Morgan fingerprint density at radius 1 is 1.58 bits per heavy atom. The number of likely N-dealkylation sites (N-methyl/N-ethyl adjacent to an activating group) is 1. The number of nitrogens with zero attached hydrogens (tertiary/aromatic N) is 1. The molecule has 0 aromatic carbocycles. The van der Waals surface area contributed by atoms with Crippen LogP contribution in [0.5, 0.6) is 0 Å². The maximum atomic E-state index is 11.2. The third kappa shape index (κ3) is 2.18. The Hall–Kier alpha value is -0.130. The van der Waals surface area contributed by atoms with Crippen LogP contribution in [-0.4, -0.2) is 45.2 Å². The Balaban J connectivity index is 2.64. The number of nitrogens with one attached hydrogen (secondary N) is 1. The van der Waals surface area contributed by atoms with Gasteiger partial charge in [-0.3, -0.25) is 0 Å². The van der Waals surface area contributed by atoms with Crippen LogP contribution in [0.25, 0.3) is 0 Å². The molecule has 1 unspecified atom stereocenters. The summed E-state index contributed by atoms with van der Waals surface area (Å²) in [5.74, 6) is 0. The molecule has 1 rings (SSSR count). The molecule has 0 bridgehead atoms. The lowest BCUT2D eigenvalue weighted by Gasteiger charge is -2.21. The van der Waals surface area contributed by atoms with Gasteiger partial charge in [-0.2, -0.15) is 4.31 Å². The van der Waals surface area contributed by atoms with Gasteiger partial charge >= 0.3 is 0 Å². The number of rotatable bonds is 3. The Kier molecular flexibility index (Phi) is 3.09. The van der Waals surface area contributed by atoms with Crippen molar-refractivity contribution in [1.29, 1.82) is 0 Å². The normalized spacial score (nSPS) is 26.3. The zero-order valence-corrected chi connectivity index (χ0v) is 8.39. The molecule has 0 aliphatic carbocycles. The van der Waals surface area contributed by atoms with Crippen LogP contribution >= 0.6 is 0 Å². The highest BCUT2D eigenvalue weighted by molar-refractivity contribution is 7.88. The van der Waals surface area contributed by atoms with Crippen molar-refractivity contribution in [2.75, 3.05) is 26.4 Å². The second kappa shape index (κ2) is 3.72. The van der Waals surface area contributed by atoms with Crippen molar-refractivity contribution in [1.82, 2.24) is 9.62 Å². The first-order valence-electron chi connectivity index (χ1n) is 4.17. The number of hydrogen-bond acceptors (Lipinski definition) is 3. The molecule has 12 heavy (non-hydrogen) atoms. The minimum absolute atomic E-state index is 0.171. The van der Waals surface area contributed by atoms with Crippen molar-refractivity contribution in [2.45, 2.75) is 18.9 Å². The van der Waals surface area contributed by atoms with E-state index in [-0.39, 0.29) is 6.04 Å². The molecule has 0 amide bonds. The van der Waals surface area contributed by atoms with Gasteiger partial charge in [0.25, 0.3) is 0 Å². The molecule has 0 radical (unpaired) electrons. The Morgan fingerprint density at radius 2 is 2.25 bits per heavy atom. The quantitative estimate of drug-likeness (QED) is 0.664. The van der Waals surface area contributed by atoms with Gasteiger partial charge in [0.05, 0.1) is 6.26 Å². The number of hydrogen-bond donors (Lipinski definition) is 1. The second-order valence-corrected chi connectivity index (χ2v) is 5.16. The summed E-state index contributed by atoms with van der Waals surface area (Å²) in [6, 6.07) is 0.171. The van der Waals surface area contributed by atoms with Gasteiger partial charge in [-0.15, -0.1) is 0 Å². The highest BCUT2D eigenvalue weighted by atomic mass is 32.2. The van der Waals surface area contributed by atoms with E-state index in [0.29, 0.717) is 6.54 Å². The molecule has 1 aliphatic rings. The summed E-state index contributed by atoms with van der Waals surface area (Å²) >= 11 is 0. The molecule has 0 saturated carbocycles. The molecule has 0 aromatic rings. The maximum absolute atomic E-state index is 11.2. The van der Waals surface area contributed by atoms with Crippen LogP contribution in [0.3, 0.4) is 0 Å². The minimum Gasteiger partial charge on any atom is -0.318 e. The monoisotopic (exact) mass is 192 g/mol. The molecule has 5 heteroatoms. The highest BCUT2D eigenvalue weighted by Gasteiger charge is 2.30. The summed E-state index contributed by atoms with van der Waals surface area (Å²) in [6.45, 7) is 1.44. The van der Waals surface area contributed by atoms with Gasteiger partial charge in [0, 0.05) is 19.1 Å². The molecule has 4 nitrogen and oxygen atoms in total. The first kappa shape index (κ1) is 9.95. The molecular weight excluding hydrogens is 176 g/mol. The fourth-order valence-corrected chi connectivity index (χ4v) is 2.87. The van der Waals surface area contributed by atoms with Crippen LogP contribution in [0.2, 0.25) is 0 Å². The van der Waals surface area contributed by atoms with Gasteiger partial charge in [0.15, 0.2) is 0 Å². The molecule has 1 aliphatic heterocycles. The van der Waals surface area contributed by atoms with Gasteiger partial charge in [-0.05, 0) is 19.9 Å². The predicted octanol–water partition coefficient (Wildman–Crippen LogP) is -0.370. The van der Waals surface area contributed by atoms with E-state index in [0.717, 1.165) is 19.4 Å². The smallest absolute Gasteiger partial charge is 0.211 e. The van der Waals surface area contributed by atoms with Crippen LogP contribution < -0.4 is 5.32 Å². The average Bonchev–Trinajstić information content (AvgIpc) is 2.34. The number of sulfonamides is 1. The molecule has 1 N–H and O–H groups in total. The van der Waals surface area contributed by atoms with Crippen LogP contribution in [0.1, 0.15) is 12.8 Å². The lowest BCUT2D eigenvalue weighted by molar-refractivity contribution is 0.382. The molecule has 72 valence electrons. The van der Waals surface area contributed by atoms with Gasteiger partial charge in [0.2, 0.25) is 10.0 Å². The van der Waals surface area contributed by atoms with E-state index in [9.17, 15) is 8.42 Å². The molecule has 1 heterocycles. The van der Waals surface area contributed by atoms with Gasteiger partial charge in [-0.1, -0.05) is 0 Å². The SMILES string of the molecule is CNCC1CCCN1S(C)(=O)=O. The van der Waals surface area contributed by atoms with Crippen LogP contribution in [0, 0.1) is 0 Å². The van der Waals surface area contributed by atoms with Crippen molar-refractivity contribution < 1.29 is 8.42 Å². The summed E-state index contributed by atoms with van der Waals surface area (Å²) in [5.41, 5.74) is 0. The lowest BCUT2D eigenvalue weighted by atomic mass is 10.2. The first-order valence-corrected chi connectivity index (χ1v) is 6.02. The van der Waals surface area contributed by atoms with E-state index in [2.05, 4.69) is 5.32 Å². The molecule has 0 aromatic heterocycles. The third-order valence-corrected chi connectivity index (χ3v) is 3.52. The van der Waals surface area contributed by atoms with Crippen LogP contribution in [0.4, 0.5) is 0 Å². The maximum Gasteiger partial charge on any atom is 0.211 e. The molecule has 1 saturated heterocycles. The van der Waals surface area contributed by atoms with Crippen molar-refractivity contribution in [3.63, 3.8) is 0 Å². The highest BCUT2D eigenvalue weighted by Crippen LogP contribution is 2.19. The molecule has 0 spiro atoms. The largest absolute Gasteiger partial charge is 0.318 e. The summed E-state index contributed by atoms with van der Waals surface area (Å²) in [6.07, 6.45) is 3.24. The van der Waals surface area contributed by atoms with E-state index in [4.69, 9.17) is 0 Å².